The smallest absolute Gasteiger partial charge is 0.0882 e. The van der Waals surface area contributed by atoms with Crippen molar-refractivity contribution in [2.45, 2.75) is 39.6 Å². The van der Waals surface area contributed by atoms with Crippen LogP contribution in [0, 0.1) is 6.92 Å². The predicted molar refractivity (Wildman–Crippen MR) is 95.2 cm³/mol. The van der Waals surface area contributed by atoms with E-state index in [1.54, 1.807) is 6.20 Å². The van der Waals surface area contributed by atoms with Crippen LogP contribution >= 0.6 is 0 Å². The molecule has 6 heteroatoms. The monoisotopic (exact) mass is 337 g/mol. The Labute approximate surface area is 147 Å². The third-order valence-electron chi connectivity index (χ3n) is 4.79. The van der Waals surface area contributed by atoms with E-state index < -0.39 is 0 Å². The standard InChI is InChI=1S/C19H23N5O/c1-15-10-18(23-8-2-6-20-23)5-4-16(15)12-22-7-3-9-24-19(13-22)11-17(14-25)21-24/h2,4-6,8,10-11,25H,3,7,9,12-14H2,1H3. The summed E-state index contributed by atoms with van der Waals surface area (Å²) < 4.78 is 3.93. The van der Waals surface area contributed by atoms with Gasteiger partial charge in [0.05, 0.1) is 23.7 Å². The predicted octanol–water partition coefficient (Wildman–Crippen LogP) is 2.28. The number of hydrogen-bond acceptors (Lipinski definition) is 4. The van der Waals surface area contributed by atoms with Gasteiger partial charge in [-0.15, -0.1) is 0 Å². The van der Waals surface area contributed by atoms with Crippen LogP contribution in [0.1, 0.15) is 28.9 Å². The molecule has 130 valence electrons. The second-order valence-electron chi connectivity index (χ2n) is 6.63. The Morgan fingerprint density at radius 3 is 2.88 bits per heavy atom. The molecule has 0 unspecified atom stereocenters. The van der Waals surface area contributed by atoms with Gasteiger partial charge in [0.25, 0.3) is 0 Å². The number of benzene rings is 1. The van der Waals surface area contributed by atoms with E-state index in [1.807, 2.05) is 27.7 Å². The number of aliphatic hydroxyl groups is 1. The van der Waals surface area contributed by atoms with Crippen molar-refractivity contribution in [1.29, 1.82) is 0 Å². The Morgan fingerprint density at radius 2 is 2.12 bits per heavy atom. The first-order valence-corrected chi connectivity index (χ1v) is 8.71. The Bertz CT molecular complexity index is 853. The summed E-state index contributed by atoms with van der Waals surface area (Å²) in [5, 5.41) is 18.1. The van der Waals surface area contributed by atoms with Crippen molar-refractivity contribution < 1.29 is 5.11 Å². The molecular formula is C19H23N5O. The summed E-state index contributed by atoms with van der Waals surface area (Å²) in [6.07, 6.45) is 4.83. The summed E-state index contributed by atoms with van der Waals surface area (Å²) in [4.78, 5) is 2.46. The van der Waals surface area contributed by atoms with Gasteiger partial charge in [-0.3, -0.25) is 9.58 Å². The van der Waals surface area contributed by atoms with E-state index >= 15 is 0 Å². The molecule has 0 radical (unpaired) electrons. The Kier molecular flexibility index (Phi) is 4.38. The largest absolute Gasteiger partial charge is 0.390 e. The third kappa shape index (κ3) is 3.36. The molecule has 6 nitrogen and oxygen atoms in total. The summed E-state index contributed by atoms with van der Waals surface area (Å²) >= 11 is 0. The van der Waals surface area contributed by atoms with Crippen molar-refractivity contribution in [3.05, 3.63) is 65.2 Å². The van der Waals surface area contributed by atoms with Crippen LogP contribution in [-0.4, -0.2) is 36.1 Å². The molecule has 0 fully saturated rings. The summed E-state index contributed by atoms with van der Waals surface area (Å²) in [6.45, 7) is 5.93. The summed E-state index contributed by atoms with van der Waals surface area (Å²) in [5.41, 5.74) is 5.66. The van der Waals surface area contributed by atoms with Crippen molar-refractivity contribution in [1.82, 2.24) is 24.5 Å². The van der Waals surface area contributed by atoms with E-state index in [0.29, 0.717) is 0 Å². The maximum atomic E-state index is 9.30. The first-order chi connectivity index (χ1) is 12.2. The molecule has 0 aliphatic carbocycles. The molecule has 1 aromatic carbocycles. The van der Waals surface area contributed by atoms with E-state index in [0.717, 1.165) is 44.0 Å². The van der Waals surface area contributed by atoms with Crippen LogP contribution in [0.5, 0.6) is 0 Å². The van der Waals surface area contributed by atoms with E-state index in [2.05, 4.69) is 40.2 Å². The second kappa shape index (κ2) is 6.82. The molecule has 0 amide bonds. The normalized spacial score (nSPS) is 15.1. The first kappa shape index (κ1) is 16.1. The Morgan fingerprint density at radius 1 is 1.20 bits per heavy atom. The zero-order chi connectivity index (χ0) is 17.2. The third-order valence-corrected chi connectivity index (χ3v) is 4.79. The molecule has 1 aliphatic rings. The fourth-order valence-corrected chi connectivity index (χ4v) is 3.46. The summed E-state index contributed by atoms with van der Waals surface area (Å²) in [6, 6.07) is 10.5. The fraction of sp³-hybridized carbons (Fsp3) is 0.368. The molecule has 0 saturated carbocycles. The quantitative estimate of drug-likeness (QED) is 0.793. The van der Waals surface area contributed by atoms with Crippen LogP contribution in [0.15, 0.2) is 42.7 Å². The first-order valence-electron chi connectivity index (χ1n) is 8.71. The van der Waals surface area contributed by atoms with Gasteiger partial charge in [0.1, 0.15) is 0 Å². The molecule has 25 heavy (non-hydrogen) atoms. The van der Waals surface area contributed by atoms with Gasteiger partial charge in [-0.05, 0) is 48.7 Å². The summed E-state index contributed by atoms with van der Waals surface area (Å²) in [7, 11) is 0. The van der Waals surface area contributed by atoms with Gasteiger partial charge in [-0.2, -0.15) is 10.2 Å². The molecule has 0 bridgehead atoms. The molecule has 3 heterocycles. The number of fused-ring (bicyclic) bond motifs is 1. The van der Waals surface area contributed by atoms with Crippen molar-refractivity contribution in [3.63, 3.8) is 0 Å². The zero-order valence-electron chi connectivity index (χ0n) is 14.5. The molecule has 2 aromatic heterocycles. The Hall–Kier alpha value is -2.44. The van der Waals surface area contributed by atoms with Gasteiger partial charge in [-0.25, -0.2) is 4.68 Å². The lowest BCUT2D eigenvalue weighted by Gasteiger charge is -2.21. The number of hydrogen-bond donors (Lipinski definition) is 1. The van der Waals surface area contributed by atoms with Crippen LogP contribution in [0.4, 0.5) is 0 Å². The van der Waals surface area contributed by atoms with E-state index in [4.69, 9.17) is 0 Å². The molecular weight excluding hydrogens is 314 g/mol. The topological polar surface area (TPSA) is 59.1 Å². The number of aryl methyl sites for hydroxylation is 2. The molecule has 1 aliphatic heterocycles. The van der Waals surface area contributed by atoms with Crippen LogP contribution in [0.25, 0.3) is 5.69 Å². The van der Waals surface area contributed by atoms with Crippen molar-refractivity contribution >= 4 is 0 Å². The van der Waals surface area contributed by atoms with Gasteiger partial charge < -0.3 is 5.11 Å². The van der Waals surface area contributed by atoms with Gasteiger partial charge in [0.2, 0.25) is 0 Å². The molecule has 3 aromatic rings. The minimum atomic E-state index is 0.00793. The van der Waals surface area contributed by atoms with Gasteiger partial charge in [-0.1, -0.05) is 6.07 Å². The maximum absolute atomic E-state index is 9.30. The van der Waals surface area contributed by atoms with E-state index in [9.17, 15) is 5.11 Å². The maximum Gasteiger partial charge on any atom is 0.0882 e. The van der Waals surface area contributed by atoms with Gasteiger partial charge >= 0.3 is 0 Å². The number of aromatic nitrogens is 4. The Balaban J connectivity index is 1.51. The average Bonchev–Trinajstić information content (AvgIpc) is 3.24. The number of nitrogens with zero attached hydrogens (tertiary/aromatic N) is 5. The van der Waals surface area contributed by atoms with E-state index in [-0.39, 0.29) is 6.61 Å². The fourth-order valence-electron chi connectivity index (χ4n) is 3.46. The number of rotatable bonds is 4. The van der Waals surface area contributed by atoms with Crippen molar-refractivity contribution in [3.8, 4) is 5.69 Å². The van der Waals surface area contributed by atoms with Crippen molar-refractivity contribution in [2.75, 3.05) is 6.54 Å². The summed E-state index contributed by atoms with van der Waals surface area (Å²) in [5.74, 6) is 0. The second-order valence-corrected chi connectivity index (χ2v) is 6.63. The molecule has 0 atom stereocenters. The lowest BCUT2D eigenvalue weighted by molar-refractivity contribution is 0.259. The lowest BCUT2D eigenvalue weighted by atomic mass is 10.1. The van der Waals surface area contributed by atoms with E-state index in [1.165, 1.54) is 16.8 Å². The zero-order valence-corrected chi connectivity index (χ0v) is 14.5. The van der Waals surface area contributed by atoms with Crippen LogP contribution in [-0.2, 0) is 26.2 Å². The van der Waals surface area contributed by atoms with Crippen molar-refractivity contribution in [2.24, 2.45) is 0 Å². The average molecular weight is 337 g/mol. The molecule has 0 saturated heterocycles. The minimum absolute atomic E-state index is 0.00793. The highest BCUT2D eigenvalue weighted by Gasteiger charge is 2.17. The molecule has 0 spiro atoms. The minimum Gasteiger partial charge on any atom is -0.390 e. The molecule has 1 N–H and O–H groups in total. The van der Waals surface area contributed by atoms with Crippen LogP contribution in [0.2, 0.25) is 0 Å². The van der Waals surface area contributed by atoms with Crippen LogP contribution < -0.4 is 0 Å². The SMILES string of the molecule is Cc1cc(-n2cccn2)ccc1CN1CCCn2nc(CO)cc2C1. The highest BCUT2D eigenvalue weighted by atomic mass is 16.3. The van der Waals surface area contributed by atoms with Gasteiger partial charge in [0, 0.05) is 38.6 Å². The highest BCUT2D eigenvalue weighted by molar-refractivity contribution is 5.39. The lowest BCUT2D eigenvalue weighted by Crippen LogP contribution is -2.23. The van der Waals surface area contributed by atoms with Gasteiger partial charge in [0.15, 0.2) is 0 Å². The highest BCUT2D eigenvalue weighted by Crippen LogP contribution is 2.20. The molecule has 4 rings (SSSR count). The van der Waals surface area contributed by atoms with Crippen LogP contribution in [0.3, 0.4) is 0 Å². The number of aliphatic hydroxyl groups excluding tert-OH is 1.